The second kappa shape index (κ2) is 4.13. The number of methoxy groups -OCH3 is 1. The summed E-state index contributed by atoms with van der Waals surface area (Å²) < 4.78 is 11.8. The fourth-order valence-electron chi connectivity index (χ4n) is 4.33. The minimum atomic E-state index is -0.857. The molecule has 22 heavy (non-hydrogen) atoms. The third-order valence-corrected chi connectivity index (χ3v) is 5.15. The molecule has 3 heterocycles. The molecule has 5 heteroatoms. The number of carbonyl (C=O) groups is 2. The Morgan fingerprint density at radius 1 is 1.14 bits per heavy atom. The molecule has 4 atom stereocenters. The molecule has 0 saturated carbocycles. The van der Waals surface area contributed by atoms with Crippen molar-refractivity contribution in [2.45, 2.75) is 58.8 Å². The lowest BCUT2D eigenvalue weighted by Gasteiger charge is -2.43. The van der Waals surface area contributed by atoms with Crippen molar-refractivity contribution in [3.8, 4) is 0 Å². The summed E-state index contributed by atoms with van der Waals surface area (Å²) in [6, 6.07) is 0. The topological polar surface area (TPSA) is 55.8 Å². The van der Waals surface area contributed by atoms with Crippen LogP contribution < -0.4 is 0 Å². The summed E-state index contributed by atoms with van der Waals surface area (Å²) in [6.45, 7) is 11.8. The van der Waals surface area contributed by atoms with Crippen molar-refractivity contribution in [2.75, 3.05) is 7.11 Å². The Morgan fingerprint density at radius 3 is 2.18 bits per heavy atom. The van der Waals surface area contributed by atoms with Crippen molar-refractivity contribution in [1.29, 1.82) is 0 Å². The van der Waals surface area contributed by atoms with Crippen LogP contribution in [0.25, 0.3) is 0 Å². The third-order valence-electron chi connectivity index (χ3n) is 5.15. The lowest BCUT2D eigenvalue weighted by Crippen LogP contribution is -2.54. The first-order valence-electron chi connectivity index (χ1n) is 7.79. The van der Waals surface area contributed by atoms with E-state index < -0.39 is 23.0 Å². The van der Waals surface area contributed by atoms with Gasteiger partial charge < -0.3 is 9.47 Å². The van der Waals surface area contributed by atoms with E-state index >= 15 is 0 Å². The summed E-state index contributed by atoms with van der Waals surface area (Å²) in [5, 5.41) is 0. The van der Waals surface area contributed by atoms with Crippen LogP contribution in [0.1, 0.15) is 41.5 Å². The molecule has 0 aromatic heterocycles. The first kappa shape index (κ1) is 15.5. The highest BCUT2D eigenvalue weighted by Gasteiger charge is 2.74. The number of fused-ring (bicyclic) bond motifs is 5. The summed E-state index contributed by atoms with van der Waals surface area (Å²) >= 11 is 0. The van der Waals surface area contributed by atoms with Gasteiger partial charge in [0.05, 0.1) is 25.0 Å². The van der Waals surface area contributed by atoms with E-state index in [2.05, 4.69) is 0 Å². The molecule has 122 valence electrons. The maximum absolute atomic E-state index is 13.1. The van der Waals surface area contributed by atoms with Gasteiger partial charge in [-0.15, -0.1) is 0 Å². The molecule has 3 aliphatic heterocycles. The van der Waals surface area contributed by atoms with Crippen LogP contribution in [0.3, 0.4) is 0 Å². The number of carbonyl (C=O) groups excluding carboxylic acids is 2. The fourth-order valence-corrected chi connectivity index (χ4v) is 4.33. The van der Waals surface area contributed by atoms with Crippen molar-refractivity contribution < 1.29 is 19.1 Å². The van der Waals surface area contributed by atoms with E-state index in [1.54, 1.807) is 7.11 Å². The first-order valence-corrected chi connectivity index (χ1v) is 7.79. The summed E-state index contributed by atoms with van der Waals surface area (Å²) in [4.78, 5) is 27.4. The molecule has 0 aromatic carbocycles. The minimum Gasteiger partial charge on any atom is -0.498 e. The van der Waals surface area contributed by atoms with Crippen molar-refractivity contribution >= 4 is 11.8 Å². The Labute approximate surface area is 131 Å². The number of likely N-dealkylation sites (tertiary alicyclic amines) is 1. The van der Waals surface area contributed by atoms with Gasteiger partial charge in [0.25, 0.3) is 0 Å². The minimum absolute atomic E-state index is 0.120. The fraction of sp³-hybridized carbons (Fsp3) is 0.765. The van der Waals surface area contributed by atoms with Gasteiger partial charge in [0.1, 0.15) is 11.4 Å². The Balaban J connectivity index is 2.15. The van der Waals surface area contributed by atoms with Crippen LogP contribution in [-0.4, -0.2) is 41.1 Å². The van der Waals surface area contributed by atoms with Gasteiger partial charge in [0.2, 0.25) is 11.8 Å². The van der Waals surface area contributed by atoms with Crippen molar-refractivity contribution in [1.82, 2.24) is 4.90 Å². The number of rotatable bonds is 1. The zero-order chi connectivity index (χ0) is 16.7. The van der Waals surface area contributed by atoms with E-state index in [-0.39, 0.29) is 23.3 Å². The molecule has 2 amide bonds. The van der Waals surface area contributed by atoms with Gasteiger partial charge in [-0.05, 0) is 32.3 Å². The maximum Gasteiger partial charge on any atom is 0.237 e. The van der Waals surface area contributed by atoms with E-state index in [4.69, 9.17) is 9.47 Å². The first-order chi connectivity index (χ1) is 9.96. The summed E-state index contributed by atoms with van der Waals surface area (Å²) in [5.74, 6) is -0.496. The van der Waals surface area contributed by atoms with Gasteiger partial charge in [-0.2, -0.15) is 0 Å². The van der Waals surface area contributed by atoms with E-state index in [1.165, 1.54) is 4.90 Å². The normalized spacial score (nSPS) is 37.7. The van der Waals surface area contributed by atoms with Crippen LogP contribution in [-0.2, 0) is 19.1 Å². The quantitative estimate of drug-likeness (QED) is 0.696. The highest BCUT2D eigenvalue weighted by atomic mass is 16.6. The SMILES string of the molecule is COC1=CC2OC1(C(C)(C)C)C1C(=O)N(C(C)(C)C)C(=O)C21. The van der Waals surface area contributed by atoms with Crippen LogP contribution >= 0.6 is 0 Å². The highest BCUT2D eigenvalue weighted by molar-refractivity contribution is 6.08. The van der Waals surface area contributed by atoms with Crippen LogP contribution in [0.2, 0.25) is 0 Å². The molecule has 3 rings (SSSR count). The zero-order valence-electron chi connectivity index (χ0n) is 14.4. The smallest absolute Gasteiger partial charge is 0.237 e. The molecule has 0 radical (unpaired) electrons. The monoisotopic (exact) mass is 307 g/mol. The van der Waals surface area contributed by atoms with E-state index in [1.807, 2.05) is 47.6 Å². The number of hydrogen-bond acceptors (Lipinski definition) is 4. The molecule has 5 nitrogen and oxygen atoms in total. The standard InChI is InChI=1S/C17H25NO4/c1-15(2,3)17-10(21-7)8-9(22-17)11-12(17)14(20)18(13(11)19)16(4,5)6/h8-9,11-12H,1-7H3. The molecular formula is C17H25NO4. The molecule has 2 fully saturated rings. The van der Waals surface area contributed by atoms with Crippen LogP contribution in [0, 0.1) is 17.3 Å². The Hall–Kier alpha value is -1.36. The van der Waals surface area contributed by atoms with E-state index in [9.17, 15) is 9.59 Å². The molecule has 0 aromatic rings. The molecule has 0 spiro atoms. The lowest BCUT2D eigenvalue weighted by molar-refractivity contribution is -0.156. The van der Waals surface area contributed by atoms with Crippen molar-refractivity contribution in [3.05, 3.63) is 11.8 Å². The van der Waals surface area contributed by atoms with Crippen LogP contribution in [0.4, 0.5) is 0 Å². The number of imide groups is 1. The van der Waals surface area contributed by atoms with Gasteiger partial charge in [0.15, 0.2) is 0 Å². The Morgan fingerprint density at radius 2 is 1.73 bits per heavy atom. The Kier molecular flexibility index (Phi) is 2.92. The third kappa shape index (κ3) is 1.58. The largest absolute Gasteiger partial charge is 0.498 e. The molecule has 2 saturated heterocycles. The molecule has 4 unspecified atom stereocenters. The second-order valence-corrected chi connectivity index (χ2v) is 8.49. The summed E-state index contributed by atoms with van der Waals surface area (Å²) in [5.41, 5.74) is -1.74. The molecule has 2 bridgehead atoms. The van der Waals surface area contributed by atoms with Gasteiger partial charge in [-0.25, -0.2) is 0 Å². The lowest BCUT2D eigenvalue weighted by atomic mass is 9.64. The van der Waals surface area contributed by atoms with Crippen molar-refractivity contribution in [3.63, 3.8) is 0 Å². The van der Waals surface area contributed by atoms with Gasteiger partial charge in [0, 0.05) is 5.54 Å². The van der Waals surface area contributed by atoms with Gasteiger partial charge in [-0.1, -0.05) is 20.8 Å². The molecular weight excluding hydrogens is 282 g/mol. The average molecular weight is 307 g/mol. The van der Waals surface area contributed by atoms with Crippen LogP contribution in [0.5, 0.6) is 0 Å². The van der Waals surface area contributed by atoms with E-state index in [0.717, 1.165) is 0 Å². The maximum atomic E-state index is 13.1. The second-order valence-electron chi connectivity index (χ2n) is 8.49. The van der Waals surface area contributed by atoms with Crippen molar-refractivity contribution in [2.24, 2.45) is 17.3 Å². The number of amides is 2. The number of nitrogens with zero attached hydrogens (tertiary/aromatic N) is 1. The number of hydrogen-bond donors (Lipinski definition) is 0. The molecule has 3 aliphatic rings. The van der Waals surface area contributed by atoms with Gasteiger partial charge >= 0.3 is 0 Å². The summed E-state index contributed by atoms with van der Waals surface area (Å²) in [6.07, 6.45) is 1.51. The predicted octanol–water partition coefficient (Wildman–Crippen LogP) is 2.11. The van der Waals surface area contributed by atoms with Crippen LogP contribution in [0.15, 0.2) is 11.8 Å². The number of ether oxygens (including phenoxy) is 2. The highest BCUT2D eigenvalue weighted by Crippen LogP contribution is 2.62. The average Bonchev–Trinajstić information content (AvgIpc) is 2.96. The Bertz CT molecular complexity index is 580. The van der Waals surface area contributed by atoms with E-state index in [0.29, 0.717) is 5.76 Å². The van der Waals surface area contributed by atoms with Gasteiger partial charge in [-0.3, -0.25) is 14.5 Å². The zero-order valence-corrected chi connectivity index (χ0v) is 14.4. The molecule has 0 aliphatic carbocycles. The summed E-state index contributed by atoms with van der Waals surface area (Å²) in [7, 11) is 1.60. The molecule has 0 N–H and O–H groups in total. The predicted molar refractivity (Wildman–Crippen MR) is 80.7 cm³/mol.